The van der Waals surface area contributed by atoms with Crippen LogP contribution in [0.1, 0.15) is 11.1 Å². The molecule has 0 saturated carbocycles. The van der Waals surface area contributed by atoms with E-state index in [0.717, 1.165) is 16.5 Å². The van der Waals surface area contributed by atoms with Crippen LogP contribution in [0.4, 0.5) is 5.69 Å². The summed E-state index contributed by atoms with van der Waals surface area (Å²) in [7, 11) is 0. The molecule has 2 aromatic carbocycles. The van der Waals surface area contributed by atoms with Crippen LogP contribution < -0.4 is 16.2 Å². The number of benzene rings is 2. The highest BCUT2D eigenvalue weighted by molar-refractivity contribution is 5.94. The number of pyridine rings is 1. The molecule has 2 amide bonds. The van der Waals surface area contributed by atoms with Gasteiger partial charge in [0.25, 0.3) is 5.56 Å². The molecule has 0 aliphatic heterocycles. The molecule has 0 bridgehead atoms. The Morgan fingerprint density at radius 3 is 2.54 bits per heavy atom. The van der Waals surface area contributed by atoms with Crippen molar-refractivity contribution in [1.82, 2.24) is 10.3 Å². The van der Waals surface area contributed by atoms with Crippen molar-refractivity contribution < 1.29 is 9.59 Å². The lowest BCUT2D eigenvalue weighted by atomic mass is 10.1. The zero-order valence-electron chi connectivity index (χ0n) is 14.3. The maximum absolute atomic E-state index is 12.1. The van der Waals surface area contributed by atoms with E-state index < -0.39 is 0 Å². The fourth-order valence-corrected chi connectivity index (χ4v) is 2.63. The first kappa shape index (κ1) is 17.4. The summed E-state index contributed by atoms with van der Waals surface area (Å²) in [4.78, 5) is 38.3. The molecule has 0 aliphatic carbocycles. The SMILES string of the molecule is Cc1cc2cc(CC(=O)NCC(=O)Nc3ccccc3)ccc2[nH]c1=O. The zero-order valence-corrected chi connectivity index (χ0v) is 14.3. The van der Waals surface area contributed by atoms with Gasteiger partial charge in [0, 0.05) is 16.8 Å². The molecule has 1 aromatic heterocycles. The van der Waals surface area contributed by atoms with E-state index in [1.54, 1.807) is 37.3 Å². The number of aryl methyl sites for hydroxylation is 1. The second kappa shape index (κ2) is 7.65. The van der Waals surface area contributed by atoms with Gasteiger partial charge in [0.2, 0.25) is 11.8 Å². The molecule has 6 nitrogen and oxygen atoms in total. The number of anilines is 1. The highest BCUT2D eigenvalue weighted by Gasteiger charge is 2.08. The van der Waals surface area contributed by atoms with Crippen LogP contribution >= 0.6 is 0 Å². The Kier molecular flexibility index (Phi) is 5.12. The number of rotatable bonds is 5. The Morgan fingerprint density at radius 1 is 1.00 bits per heavy atom. The predicted molar refractivity (Wildman–Crippen MR) is 101 cm³/mol. The summed E-state index contributed by atoms with van der Waals surface area (Å²) in [5.41, 5.74) is 2.73. The first-order valence-corrected chi connectivity index (χ1v) is 8.25. The molecule has 3 rings (SSSR count). The Balaban J connectivity index is 1.57. The number of H-pyrrole nitrogens is 1. The summed E-state index contributed by atoms with van der Waals surface area (Å²) in [5, 5.41) is 6.19. The Morgan fingerprint density at radius 2 is 1.77 bits per heavy atom. The Hall–Kier alpha value is -3.41. The summed E-state index contributed by atoms with van der Waals surface area (Å²) in [6, 6.07) is 16.3. The number of carbonyl (C=O) groups excluding carboxylic acids is 2. The normalized spacial score (nSPS) is 10.5. The van der Waals surface area contributed by atoms with Gasteiger partial charge in [-0.2, -0.15) is 0 Å². The molecule has 1 heterocycles. The molecule has 6 heteroatoms. The van der Waals surface area contributed by atoms with E-state index in [0.29, 0.717) is 11.3 Å². The lowest BCUT2D eigenvalue weighted by molar-refractivity contribution is -0.123. The maximum Gasteiger partial charge on any atom is 0.251 e. The minimum absolute atomic E-state index is 0.0895. The highest BCUT2D eigenvalue weighted by atomic mass is 16.2. The van der Waals surface area contributed by atoms with Gasteiger partial charge in [0.1, 0.15) is 0 Å². The summed E-state index contributed by atoms with van der Waals surface area (Å²) in [6.45, 7) is 1.65. The van der Waals surface area contributed by atoms with Crippen LogP contribution in [0.3, 0.4) is 0 Å². The molecule has 0 fully saturated rings. The van der Waals surface area contributed by atoms with Crippen molar-refractivity contribution in [2.45, 2.75) is 13.3 Å². The van der Waals surface area contributed by atoms with Crippen LogP contribution in [0.5, 0.6) is 0 Å². The standard InChI is InChI=1S/C20H19N3O3/c1-13-9-15-10-14(7-8-17(15)23-20(13)26)11-18(24)21-12-19(25)22-16-5-3-2-4-6-16/h2-10H,11-12H2,1H3,(H,21,24)(H,22,25)(H,23,26). The number of aromatic amines is 1. The van der Waals surface area contributed by atoms with Gasteiger partial charge in [-0.1, -0.05) is 24.3 Å². The summed E-state index contributed by atoms with van der Waals surface area (Å²) in [5.74, 6) is -0.523. The van der Waals surface area contributed by atoms with Crippen LogP contribution in [0.15, 0.2) is 59.4 Å². The first-order valence-electron chi connectivity index (χ1n) is 8.25. The highest BCUT2D eigenvalue weighted by Crippen LogP contribution is 2.14. The quantitative estimate of drug-likeness (QED) is 0.659. The maximum atomic E-state index is 12.1. The fraction of sp³-hybridized carbons (Fsp3) is 0.150. The fourth-order valence-electron chi connectivity index (χ4n) is 2.63. The number of carbonyl (C=O) groups is 2. The van der Waals surface area contributed by atoms with E-state index in [1.165, 1.54) is 0 Å². The van der Waals surface area contributed by atoms with Crippen LogP contribution in [0.25, 0.3) is 10.9 Å². The van der Waals surface area contributed by atoms with Gasteiger partial charge in [0.05, 0.1) is 13.0 Å². The van der Waals surface area contributed by atoms with Gasteiger partial charge in [-0.05, 0) is 48.2 Å². The van der Waals surface area contributed by atoms with Crippen LogP contribution in [0, 0.1) is 6.92 Å². The lowest BCUT2D eigenvalue weighted by Gasteiger charge is -2.08. The third kappa shape index (κ3) is 4.36. The van der Waals surface area contributed by atoms with E-state index in [2.05, 4.69) is 15.6 Å². The zero-order chi connectivity index (χ0) is 18.5. The smallest absolute Gasteiger partial charge is 0.251 e. The summed E-state index contributed by atoms with van der Waals surface area (Å²) in [6.07, 6.45) is 0.159. The summed E-state index contributed by atoms with van der Waals surface area (Å²) >= 11 is 0. The van der Waals surface area contributed by atoms with Gasteiger partial charge in [0.15, 0.2) is 0 Å². The van der Waals surface area contributed by atoms with Gasteiger partial charge in [-0.15, -0.1) is 0 Å². The summed E-state index contributed by atoms with van der Waals surface area (Å²) < 4.78 is 0. The van der Waals surface area contributed by atoms with Gasteiger partial charge in [-0.3, -0.25) is 14.4 Å². The number of aromatic nitrogens is 1. The van der Waals surface area contributed by atoms with Crippen LogP contribution in [-0.2, 0) is 16.0 Å². The van der Waals surface area contributed by atoms with E-state index in [-0.39, 0.29) is 30.3 Å². The van der Waals surface area contributed by atoms with E-state index >= 15 is 0 Å². The molecule has 0 spiro atoms. The van der Waals surface area contributed by atoms with Gasteiger partial charge < -0.3 is 15.6 Å². The molecule has 3 N–H and O–H groups in total. The minimum Gasteiger partial charge on any atom is -0.347 e. The predicted octanol–water partition coefficient (Wildman–Crippen LogP) is 2.13. The monoisotopic (exact) mass is 349 g/mol. The molecular formula is C20H19N3O3. The number of amides is 2. The molecular weight excluding hydrogens is 330 g/mol. The second-order valence-corrected chi connectivity index (χ2v) is 6.07. The van der Waals surface area contributed by atoms with Crippen LogP contribution in [0.2, 0.25) is 0 Å². The molecule has 132 valence electrons. The molecule has 0 aliphatic rings. The Bertz CT molecular complexity index is 1010. The largest absolute Gasteiger partial charge is 0.347 e. The van der Waals surface area contributed by atoms with E-state index in [1.807, 2.05) is 24.3 Å². The van der Waals surface area contributed by atoms with Crippen molar-refractivity contribution in [3.8, 4) is 0 Å². The first-order chi connectivity index (χ1) is 12.5. The third-order valence-electron chi connectivity index (χ3n) is 3.96. The van der Waals surface area contributed by atoms with Crippen molar-refractivity contribution in [2.24, 2.45) is 0 Å². The number of nitrogens with one attached hydrogen (secondary N) is 3. The van der Waals surface area contributed by atoms with Gasteiger partial charge in [-0.25, -0.2) is 0 Å². The lowest BCUT2D eigenvalue weighted by Crippen LogP contribution is -2.33. The van der Waals surface area contributed by atoms with Crippen molar-refractivity contribution in [3.05, 3.63) is 76.1 Å². The molecule has 3 aromatic rings. The van der Waals surface area contributed by atoms with Gasteiger partial charge >= 0.3 is 0 Å². The number of para-hydroxylation sites is 1. The molecule has 26 heavy (non-hydrogen) atoms. The van der Waals surface area contributed by atoms with E-state index in [4.69, 9.17) is 0 Å². The average molecular weight is 349 g/mol. The van der Waals surface area contributed by atoms with Crippen molar-refractivity contribution >= 4 is 28.4 Å². The number of fused-ring (bicyclic) bond motifs is 1. The van der Waals surface area contributed by atoms with Crippen molar-refractivity contribution in [2.75, 3.05) is 11.9 Å². The number of hydrogen-bond acceptors (Lipinski definition) is 3. The number of hydrogen-bond donors (Lipinski definition) is 3. The molecule has 0 radical (unpaired) electrons. The van der Waals surface area contributed by atoms with Crippen LogP contribution in [-0.4, -0.2) is 23.3 Å². The second-order valence-electron chi connectivity index (χ2n) is 6.07. The minimum atomic E-state index is -0.281. The topological polar surface area (TPSA) is 91.1 Å². The van der Waals surface area contributed by atoms with Crippen molar-refractivity contribution in [1.29, 1.82) is 0 Å². The molecule has 0 saturated heterocycles. The molecule has 0 atom stereocenters. The Labute approximate surface area is 150 Å². The third-order valence-corrected chi connectivity index (χ3v) is 3.96. The molecule has 0 unspecified atom stereocenters. The average Bonchev–Trinajstić information content (AvgIpc) is 2.62. The van der Waals surface area contributed by atoms with Crippen molar-refractivity contribution in [3.63, 3.8) is 0 Å². The van der Waals surface area contributed by atoms with E-state index in [9.17, 15) is 14.4 Å².